The minimum absolute atomic E-state index is 0.136. The highest BCUT2D eigenvalue weighted by Gasteiger charge is 2.19. The van der Waals surface area contributed by atoms with Crippen molar-refractivity contribution in [1.29, 1.82) is 0 Å². The minimum Gasteiger partial charge on any atom is -0.352 e. The van der Waals surface area contributed by atoms with Crippen molar-refractivity contribution >= 4 is 17.3 Å². The number of hydrogen-bond acceptors (Lipinski definition) is 5. The van der Waals surface area contributed by atoms with Crippen LogP contribution in [-0.2, 0) is 0 Å². The Kier molecular flexibility index (Phi) is 5.27. The zero-order valence-electron chi connectivity index (χ0n) is 9.94. The minimum atomic E-state index is -0.669. The van der Waals surface area contributed by atoms with Crippen LogP contribution in [0.25, 0.3) is 10.4 Å². The molecule has 0 bridgehead atoms. The number of amides is 1. The monoisotopic (exact) mass is 264 g/mol. The van der Waals surface area contributed by atoms with Crippen LogP contribution in [0.15, 0.2) is 23.3 Å². The Labute approximate surface area is 108 Å². The first-order valence-corrected chi connectivity index (χ1v) is 5.42. The number of nitro groups is 1. The van der Waals surface area contributed by atoms with Crippen molar-refractivity contribution < 1.29 is 9.72 Å². The number of hydrogen-bond donors (Lipinski definition) is 2. The molecule has 0 fully saturated rings. The molecule has 1 amide bonds. The molecule has 0 aliphatic heterocycles. The van der Waals surface area contributed by atoms with E-state index in [9.17, 15) is 14.9 Å². The van der Waals surface area contributed by atoms with Crippen LogP contribution in [-0.4, -0.2) is 23.9 Å². The predicted octanol–water partition coefficient (Wildman–Crippen LogP) is 1.62. The molecule has 9 heteroatoms. The van der Waals surface area contributed by atoms with E-state index in [2.05, 4.69) is 15.3 Å². The molecule has 100 valence electrons. The quantitative estimate of drug-likeness (QED) is 0.200. The van der Waals surface area contributed by atoms with Gasteiger partial charge < -0.3 is 11.1 Å². The molecule has 0 spiro atoms. The van der Waals surface area contributed by atoms with E-state index in [-0.39, 0.29) is 16.9 Å². The van der Waals surface area contributed by atoms with Gasteiger partial charge in [-0.1, -0.05) is 5.11 Å². The second kappa shape index (κ2) is 6.94. The lowest BCUT2D eigenvalue weighted by Crippen LogP contribution is -2.26. The lowest BCUT2D eigenvalue weighted by Gasteiger charge is -2.05. The number of carbonyl (C=O) groups excluding carboxylic acids is 1. The van der Waals surface area contributed by atoms with Gasteiger partial charge in [0.25, 0.3) is 11.6 Å². The number of benzene rings is 1. The van der Waals surface area contributed by atoms with Crippen molar-refractivity contribution in [2.24, 2.45) is 10.8 Å². The summed E-state index contributed by atoms with van der Waals surface area (Å²) >= 11 is 0. The average molecular weight is 264 g/mol. The number of nitro benzene ring substituents is 1. The summed E-state index contributed by atoms with van der Waals surface area (Å²) in [6.07, 6.45) is 0.565. The molecular formula is C10H12N6O3. The second-order valence-corrected chi connectivity index (χ2v) is 3.55. The van der Waals surface area contributed by atoms with Crippen molar-refractivity contribution in [2.45, 2.75) is 6.42 Å². The summed E-state index contributed by atoms with van der Waals surface area (Å²) in [7, 11) is 0. The molecule has 9 nitrogen and oxygen atoms in total. The summed E-state index contributed by atoms with van der Waals surface area (Å²) in [5.74, 6) is -0.602. The maximum atomic E-state index is 11.8. The first-order valence-electron chi connectivity index (χ1n) is 5.42. The summed E-state index contributed by atoms with van der Waals surface area (Å²) in [5, 5.41) is 16.6. The van der Waals surface area contributed by atoms with E-state index in [1.807, 2.05) is 0 Å². The Balaban J connectivity index is 3.06. The van der Waals surface area contributed by atoms with Crippen LogP contribution >= 0.6 is 0 Å². The third-order valence-electron chi connectivity index (χ3n) is 2.25. The zero-order chi connectivity index (χ0) is 14.3. The smallest absolute Gasteiger partial charge is 0.282 e. The number of azide groups is 1. The van der Waals surface area contributed by atoms with Gasteiger partial charge in [-0.2, -0.15) is 0 Å². The normalized spacial score (nSPS) is 9.53. The standard InChI is InChI=1S/C10H12N6O3/c11-4-1-5-13-10(17)8-6-7(14-15-12)2-3-9(8)16(18)19/h2-3,6H,1,4-5,11H2,(H,13,17). The van der Waals surface area contributed by atoms with Crippen LogP contribution in [0.2, 0.25) is 0 Å². The topological polar surface area (TPSA) is 147 Å². The Morgan fingerprint density at radius 1 is 1.58 bits per heavy atom. The van der Waals surface area contributed by atoms with Crippen LogP contribution in [0.5, 0.6) is 0 Å². The van der Waals surface area contributed by atoms with E-state index in [0.717, 1.165) is 6.07 Å². The fraction of sp³-hybridized carbons (Fsp3) is 0.300. The van der Waals surface area contributed by atoms with Crippen molar-refractivity contribution in [1.82, 2.24) is 5.32 Å². The van der Waals surface area contributed by atoms with Crippen LogP contribution in [0.4, 0.5) is 11.4 Å². The van der Waals surface area contributed by atoms with E-state index >= 15 is 0 Å². The molecule has 0 saturated carbocycles. The summed E-state index contributed by atoms with van der Waals surface area (Å²) in [4.78, 5) is 24.5. The van der Waals surface area contributed by atoms with E-state index in [1.54, 1.807) is 0 Å². The van der Waals surface area contributed by atoms with Gasteiger partial charge in [0, 0.05) is 23.2 Å². The van der Waals surface area contributed by atoms with E-state index in [1.165, 1.54) is 12.1 Å². The highest BCUT2D eigenvalue weighted by molar-refractivity contribution is 5.98. The third-order valence-corrected chi connectivity index (χ3v) is 2.25. The van der Waals surface area contributed by atoms with Gasteiger partial charge in [0.1, 0.15) is 5.56 Å². The molecule has 1 aromatic carbocycles. The Morgan fingerprint density at radius 3 is 2.89 bits per heavy atom. The summed E-state index contributed by atoms with van der Waals surface area (Å²) in [6.45, 7) is 0.722. The van der Waals surface area contributed by atoms with Crippen molar-refractivity contribution in [2.75, 3.05) is 13.1 Å². The number of nitrogens with two attached hydrogens (primary N) is 1. The summed E-state index contributed by atoms with van der Waals surface area (Å²) < 4.78 is 0. The molecule has 0 aliphatic rings. The lowest BCUT2D eigenvalue weighted by atomic mass is 10.1. The van der Waals surface area contributed by atoms with Gasteiger partial charge in [-0.3, -0.25) is 14.9 Å². The SMILES string of the molecule is [N-]=[N+]=Nc1ccc([N+](=O)[O-])c(C(=O)NCCCN)c1. The molecule has 0 heterocycles. The molecule has 0 aromatic heterocycles. The van der Waals surface area contributed by atoms with E-state index in [4.69, 9.17) is 11.3 Å². The largest absolute Gasteiger partial charge is 0.352 e. The molecule has 0 unspecified atom stereocenters. The van der Waals surface area contributed by atoms with Crippen molar-refractivity contribution in [3.8, 4) is 0 Å². The molecular weight excluding hydrogens is 252 g/mol. The molecule has 1 aromatic rings. The van der Waals surface area contributed by atoms with E-state index in [0.29, 0.717) is 19.5 Å². The van der Waals surface area contributed by atoms with Crippen LogP contribution in [0, 0.1) is 10.1 Å². The zero-order valence-corrected chi connectivity index (χ0v) is 9.94. The van der Waals surface area contributed by atoms with Gasteiger partial charge in [-0.25, -0.2) is 0 Å². The number of carbonyl (C=O) groups is 1. The molecule has 3 N–H and O–H groups in total. The van der Waals surface area contributed by atoms with Crippen LogP contribution < -0.4 is 11.1 Å². The molecule has 19 heavy (non-hydrogen) atoms. The fourth-order valence-corrected chi connectivity index (χ4v) is 1.38. The van der Waals surface area contributed by atoms with Crippen LogP contribution in [0.1, 0.15) is 16.8 Å². The highest BCUT2D eigenvalue weighted by atomic mass is 16.6. The van der Waals surface area contributed by atoms with Gasteiger partial charge in [0.2, 0.25) is 0 Å². The molecule has 0 saturated heterocycles. The molecule has 0 aliphatic carbocycles. The summed E-state index contributed by atoms with van der Waals surface area (Å²) in [6, 6.07) is 3.58. The maximum Gasteiger partial charge on any atom is 0.282 e. The van der Waals surface area contributed by atoms with Gasteiger partial charge >= 0.3 is 0 Å². The average Bonchev–Trinajstić information content (AvgIpc) is 2.39. The van der Waals surface area contributed by atoms with E-state index < -0.39 is 10.8 Å². The lowest BCUT2D eigenvalue weighted by molar-refractivity contribution is -0.385. The number of rotatable bonds is 6. The Bertz CT molecular complexity index is 538. The molecule has 0 atom stereocenters. The van der Waals surface area contributed by atoms with Crippen molar-refractivity contribution in [3.05, 3.63) is 44.3 Å². The first-order chi connectivity index (χ1) is 9.10. The second-order valence-electron chi connectivity index (χ2n) is 3.55. The van der Waals surface area contributed by atoms with Gasteiger partial charge in [-0.05, 0) is 30.6 Å². The van der Waals surface area contributed by atoms with Crippen LogP contribution in [0.3, 0.4) is 0 Å². The maximum absolute atomic E-state index is 11.8. The van der Waals surface area contributed by atoms with Gasteiger partial charge in [0.15, 0.2) is 0 Å². The predicted molar refractivity (Wildman–Crippen MR) is 67.9 cm³/mol. The fourth-order valence-electron chi connectivity index (χ4n) is 1.38. The third kappa shape index (κ3) is 3.95. The van der Waals surface area contributed by atoms with Gasteiger partial charge in [0.05, 0.1) is 4.92 Å². The number of nitrogens with zero attached hydrogens (tertiary/aromatic N) is 4. The highest BCUT2D eigenvalue weighted by Crippen LogP contribution is 2.24. The van der Waals surface area contributed by atoms with Gasteiger partial charge in [-0.15, -0.1) is 0 Å². The Morgan fingerprint density at radius 2 is 2.32 bits per heavy atom. The van der Waals surface area contributed by atoms with Crippen molar-refractivity contribution in [3.63, 3.8) is 0 Å². The Hall–Kier alpha value is -2.64. The number of nitrogens with one attached hydrogen (secondary N) is 1. The summed E-state index contributed by atoms with van der Waals surface area (Å²) in [5.41, 5.74) is 13.2. The molecule has 1 rings (SSSR count). The first kappa shape index (κ1) is 14.4. The molecule has 0 radical (unpaired) electrons.